The zero-order valence-electron chi connectivity index (χ0n) is 19.8. The van der Waals surface area contributed by atoms with Gasteiger partial charge in [-0.25, -0.2) is 26.5 Å². The van der Waals surface area contributed by atoms with Gasteiger partial charge < -0.3 is 9.15 Å². The van der Waals surface area contributed by atoms with Gasteiger partial charge in [0.05, 0.1) is 42.7 Å². The molecule has 1 saturated heterocycles. The minimum absolute atomic E-state index is 0.0446. The summed E-state index contributed by atoms with van der Waals surface area (Å²) in [5.74, 6) is -0.210. The number of thiol groups is 1. The van der Waals surface area contributed by atoms with Gasteiger partial charge in [0.25, 0.3) is 0 Å². The Kier molecular flexibility index (Phi) is 7.64. The van der Waals surface area contributed by atoms with E-state index in [9.17, 15) is 16.8 Å². The summed E-state index contributed by atoms with van der Waals surface area (Å²) in [7, 11) is -6.58. The Morgan fingerprint density at radius 2 is 1.97 bits per heavy atom. The summed E-state index contributed by atoms with van der Waals surface area (Å²) in [6, 6.07) is 5.71. The van der Waals surface area contributed by atoms with E-state index in [4.69, 9.17) is 9.15 Å². The first kappa shape index (κ1) is 25.9. The Balaban J connectivity index is 1.36. The first-order chi connectivity index (χ1) is 17.8. The minimum atomic E-state index is -3.72. The lowest BCUT2D eigenvalue weighted by Crippen LogP contribution is -2.38. The van der Waals surface area contributed by atoms with Crippen LogP contribution >= 0.6 is 11.3 Å². The summed E-state index contributed by atoms with van der Waals surface area (Å²) < 4.78 is 62.5. The Labute approximate surface area is 218 Å². The maximum atomic E-state index is 12.7. The van der Waals surface area contributed by atoms with Crippen LogP contribution in [-0.2, 0) is 38.6 Å². The Bertz CT molecular complexity index is 1560. The fourth-order valence-corrected chi connectivity index (χ4v) is 6.78. The first-order valence-corrected chi connectivity index (χ1v) is 15.3. The van der Waals surface area contributed by atoms with Crippen LogP contribution in [0.25, 0.3) is 21.3 Å². The van der Waals surface area contributed by atoms with E-state index in [-0.39, 0.29) is 23.3 Å². The first-order valence-electron chi connectivity index (χ1n) is 11.4. The summed E-state index contributed by atoms with van der Waals surface area (Å²) in [6.45, 7) is 4.82. The highest BCUT2D eigenvalue weighted by molar-refractivity contribution is 7.91. The maximum absolute atomic E-state index is 12.7. The topological polar surface area (TPSA) is 162 Å². The van der Waals surface area contributed by atoms with Gasteiger partial charge in [0.2, 0.25) is 22.7 Å². The monoisotopic (exact) mass is 567 g/mol. The van der Waals surface area contributed by atoms with Crippen LogP contribution in [0.4, 0.5) is 0 Å². The van der Waals surface area contributed by atoms with Crippen molar-refractivity contribution in [3.63, 3.8) is 0 Å². The molecule has 13 nitrogen and oxygen atoms in total. The lowest BCUT2D eigenvalue weighted by Gasteiger charge is -2.26. The smallest absolute Gasteiger partial charge is 0.241 e. The van der Waals surface area contributed by atoms with Gasteiger partial charge in [0.1, 0.15) is 5.01 Å². The molecule has 0 amide bonds. The third-order valence-corrected chi connectivity index (χ3v) is 8.77. The normalized spacial score (nSPS) is 16.1. The molecule has 5 rings (SSSR count). The van der Waals surface area contributed by atoms with Crippen LogP contribution in [0, 0.1) is 0 Å². The van der Waals surface area contributed by atoms with E-state index in [2.05, 4.69) is 29.9 Å². The molecule has 4 aromatic rings. The second-order valence-electron chi connectivity index (χ2n) is 8.52. The summed E-state index contributed by atoms with van der Waals surface area (Å²) in [4.78, 5) is 6.87. The molecule has 0 radical (unpaired) electrons. The molecule has 0 saturated carbocycles. The lowest BCUT2D eigenvalue weighted by atomic mass is 10.1. The molecule has 1 aromatic carbocycles. The average molecular weight is 568 g/mol. The molecule has 1 aliphatic rings. The van der Waals surface area contributed by atoms with Gasteiger partial charge in [-0.05, 0) is 17.7 Å². The molecular weight excluding hydrogens is 542 g/mol. The number of benzene rings is 1. The summed E-state index contributed by atoms with van der Waals surface area (Å²) >= 11 is 1.22. The van der Waals surface area contributed by atoms with Gasteiger partial charge in [-0.2, -0.15) is 5.10 Å². The summed E-state index contributed by atoms with van der Waals surface area (Å²) in [6.07, 6.45) is 4.87. The van der Waals surface area contributed by atoms with Crippen LogP contribution in [0.1, 0.15) is 22.0 Å². The zero-order chi connectivity index (χ0) is 26.0. The van der Waals surface area contributed by atoms with Crippen molar-refractivity contribution in [2.24, 2.45) is 0 Å². The highest BCUT2D eigenvalue weighted by atomic mass is 32.2. The third-order valence-electron chi connectivity index (χ3n) is 5.84. The summed E-state index contributed by atoms with van der Waals surface area (Å²) in [5, 5.41) is 11.1. The van der Waals surface area contributed by atoms with Crippen molar-refractivity contribution in [2.45, 2.75) is 18.3 Å². The predicted octanol–water partition coefficient (Wildman–Crippen LogP) is 0.625. The van der Waals surface area contributed by atoms with Crippen molar-refractivity contribution >= 4 is 42.3 Å². The van der Waals surface area contributed by atoms with Crippen LogP contribution in [0.5, 0.6) is 0 Å². The number of nitrogens with zero attached hydrogens (tertiary/aromatic N) is 6. The van der Waals surface area contributed by atoms with E-state index in [1.807, 2.05) is 35.3 Å². The second-order valence-corrected chi connectivity index (χ2v) is 12.5. The van der Waals surface area contributed by atoms with E-state index >= 15 is 0 Å². The number of hydrogen-bond acceptors (Lipinski definition) is 12. The number of nitrogens with one attached hydrogen (secondary N) is 1. The number of thiazole rings is 1. The molecule has 3 aromatic heterocycles. The molecule has 1 atom stereocenters. The van der Waals surface area contributed by atoms with Crippen molar-refractivity contribution in [3.8, 4) is 11.1 Å². The number of ether oxygens (including phenoxy) is 1. The van der Waals surface area contributed by atoms with Gasteiger partial charge >= 0.3 is 0 Å². The molecule has 1 N–H and O–H groups in total. The summed E-state index contributed by atoms with van der Waals surface area (Å²) in [5.41, 5.74) is 2.53. The van der Waals surface area contributed by atoms with Crippen LogP contribution < -0.4 is 4.72 Å². The van der Waals surface area contributed by atoms with E-state index in [1.54, 1.807) is 0 Å². The Morgan fingerprint density at radius 1 is 1.16 bits per heavy atom. The fraction of sp³-hybridized carbons (Fsp3) is 0.429. The van der Waals surface area contributed by atoms with Crippen molar-refractivity contribution in [1.29, 1.82) is 0 Å². The number of rotatable bonds is 10. The van der Waals surface area contributed by atoms with E-state index in [0.717, 1.165) is 61.5 Å². The minimum Gasteiger partial charge on any atom is -0.422 e. The number of morpholine rings is 1. The molecular formula is C21H25N7O6S3. The molecule has 0 spiro atoms. The highest BCUT2D eigenvalue weighted by Crippen LogP contribution is 2.36. The predicted molar refractivity (Wildman–Crippen MR) is 136 cm³/mol. The standard InChI is InChI=1S/C21H25N7O6S3/c1-37(31,32)19(20-26-25-18(34-20)12-23-36(29)30)21-24-16-3-2-14(10-17(16)35-21)15-11-22-28(13-15)5-4-27-6-8-33-9-7-27/h2-3,10-11,13,19,36H,4-9,12H2,1H3,(H,23,29,30). The molecule has 0 bridgehead atoms. The van der Waals surface area contributed by atoms with Crippen LogP contribution in [0.3, 0.4) is 0 Å². The van der Waals surface area contributed by atoms with Crippen molar-refractivity contribution < 1.29 is 26.0 Å². The Hall–Kier alpha value is -2.76. The molecule has 16 heteroatoms. The molecule has 37 heavy (non-hydrogen) atoms. The van der Waals surface area contributed by atoms with Gasteiger partial charge in [-0.3, -0.25) is 9.58 Å². The van der Waals surface area contributed by atoms with E-state index < -0.39 is 26.0 Å². The maximum Gasteiger partial charge on any atom is 0.241 e. The van der Waals surface area contributed by atoms with E-state index in [1.165, 1.54) is 11.3 Å². The number of hydrogen-bond donors (Lipinski definition) is 2. The molecule has 198 valence electrons. The van der Waals surface area contributed by atoms with Crippen LogP contribution in [-0.4, -0.2) is 85.8 Å². The Morgan fingerprint density at radius 3 is 2.73 bits per heavy atom. The van der Waals surface area contributed by atoms with Crippen LogP contribution in [0.15, 0.2) is 35.0 Å². The molecule has 1 aliphatic heterocycles. The largest absolute Gasteiger partial charge is 0.422 e. The lowest BCUT2D eigenvalue weighted by molar-refractivity contribution is 0.0360. The van der Waals surface area contributed by atoms with E-state index in [0.29, 0.717) is 5.52 Å². The highest BCUT2D eigenvalue weighted by Gasteiger charge is 2.34. The van der Waals surface area contributed by atoms with Crippen molar-refractivity contribution in [2.75, 3.05) is 39.1 Å². The van der Waals surface area contributed by atoms with Gasteiger partial charge in [-0.15, -0.1) is 21.5 Å². The van der Waals surface area contributed by atoms with Crippen LogP contribution in [0.2, 0.25) is 0 Å². The SMILES string of the molecule is CS(=O)(=O)C(c1nnc(CN[SH](=O)=O)o1)c1nc2ccc(-c3cnn(CCN4CCOCC4)c3)cc2s1. The zero-order valence-corrected chi connectivity index (χ0v) is 22.3. The second kappa shape index (κ2) is 10.9. The molecule has 0 aliphatic carbocycles. The third kappa shape index (κ3) is 6.22. The number of sulfone groups is 1. The van der Waals surface area contributed by atoms with Gasteiger partial charge in [0, 0.05) is 37.7 Å². The van der Waals surface area contributed by atoms with Crippen molar-refractivity contribution in [3.05, 3.63) is 47.4 Å². The van der Waals surface area contributed by atoms with Gasteiger partial charge in [0.15, 0.2) is 15.1 Å². The number of fused-ring (bicyclic) bond motifs is 1. The molecule has 4 heterocycles. The molecule has 1 fully saturated rings. The van der Waals surface area contributed by atoms with Gasteiger partial charge in [-0.1, -0.05) is 6.07 Å². The number of aromatic nitrogens is 5. The quantitative estimate of drug-likeness (QED) is 0.258. The fourth-order valence-electron chi connectivity index (χ4n) is 3.99. The average Bonchev–Trinajstić information content (AvgIpc) is 3.61. The van der Waals surface area contributed by atoms with Crippen molar-refractivity contribution in [1.82, 2.24) is 34.6 Å². The molecule has 1 unspecified atom stereocenters.